The molecule has 0 saturated heterocycles. The van der Waals surface area contributed by atoms with Gasteiger partial charge in [0.15, 0.2) is 0 Å². The number of anilines is 1. The molecule has 0 aliphatic rings. The van der Waals surface area contributed by atoms with Gasteiger partial charge in [0.2, 0.25) is 11.7 Å². The lowest BCUT2D eigenvalue weighted by Crippen LogP contribution is -2.00. The third kappa shape index (κ3) is 2.57. The van der Waals surface area contributed by atoms with Crippen LogP contribution in [0.4, 0.5) is 5.69 Å². The van der Waals surface area contributed by atoms with Crippen LogP contribution in [-0.2, 0) is 6.54 Å². The highest BCUT2D eigenvalue weighted by atomic mass is 79.9. The van der Waals surface area contributed by atoms with Crippen molar-refractivity contribution in [3.8, 4) is 11.4 Å². The summed E-state index contributed by atoms with van der Waals surface area (Å²) in [7, 11) is 0. The van der Waals surface area contributed by atoms with Gasteiger partial charge in [-0.25, -0.2) is 0 Å². The normalized spacial score (nSPS) is 10.9. The van der Waals surface area contributed by atoms with Gasteiger partial charge in [-0.1, -0.05) is 33.2 Å². The summed E-state index contributed by atoms with van der Waals surface area (Å²) in [5.41, 5.74) is 8.27. The molecule has 2 aromatic heterocycles. The van der Waals surface area contributed by atoms with Gasteiger partial charge < -0.3 is 10.3 Å². The Bertz CT molecular complexity index is 749. The summed E-state index contributed by atoms with van der Waals surface area (Å²) in [6.07, 6.45) is 3.29. The first-order chi connectivity index (χ1) is 9.61. The van der Waals surface area contributed by atoms with Gasteiger partial charge in [0.25, 0.3) is 0 Å². The molecule has 0 bridgehead atoms. The second-order valence-electron chi connectivity index (χ2n) is 4.45. The summed E-state index contributed by atoms with van der Waals surface area (Å²) in [6.45, 7) is 2.43. The third-order valence-electron chi connectivity index (χ3n) is 2.85. The van der Waals surface area contributed by atoms with Crippen molar-refractivity contribution in [3.05, 3.63) is 46.5 Å². The summed E-state index contributed by atoms with van der Waals surface area (Å²) >= 11 is 3.49. The molecule has 0 radical (unpaired) electrons. The Morgan fingerprint density at radius 3 is 2.95 bits per heavy atom. The molecule has 102 valence electrons. The topological polar surface area (TPSA) is 82.8 Å². The molecule has 7 heteroatoms. The maximum absolute atomic E-state index is 5.60. The van der Waals surface area contributed by atoms with Crippen LogP contribution in [0.5, 0.6) is 0 Å². The van der Waals surface area contributed by atoms with Crippen molar-refractivity contribution in [1.82, 2.24) is 19.9 Å². The lowest BCUT2D eigenvalue weighted by molar-refractivity contribution is 0.366. The third-order valence-corrected chi connectivity index (χ3v) is 3.70. The van der Waals surface area contributed by atoms with Gasteiger partial charge >= 0.3 is 0 Å². The smallest absolute Gasteiger partial charge is 0.248 e. The minimum absolute atomic E-state index is 0.400. The molecular formula is C13H12BrN5O. The van der Waals surface area contributed by atoms with Gasteiger partial charge in [-0.2, -0.15) is 10.1 Å². The SMILES string of the molecule is Cc1ccc(-c2noc(Cn3cc(N)cn3)n2)cc1Br. The first kappa shape index (κ1) is 12.9. The van der Waals surface area contributed by atoms with Crippen LogP contribution in [0.2, 0.25) is 0 Å². The van der Waals surface area contributed by atoms with Gasteiger partial charge in [-0.05, 0) is 18.6 Å². The Labute approximate surface area is 123 Å². The predicted molar refractivity (Wildman–Crippen MR) is 77.9 cm³/mol. The molecule has 0 unspecified atom stereocenters. The maximum Gasteiger partial charge on any atom is 0.248 e. The number of nitrogens with two attached hydrogens (primary N) is 1. The highest BCUT2D eigenvalue weighted by molar-refractivity contribution is 9.10. The molecule has 0 atom stereocenters. The molecule has 2 heterocycles. The lowest BCUT2D eigenvalue weighted by atomic mass is 10.1. The van der Waals surface area contributed by atoms with E-state index in [0.29, 0.717) is 23.9 Å². The molecule has 3 rings (SSSR count). The molecule has 0 fully saturated rings. The summed E-state index contributed by atoms with van der Waals surface area (Å²) in [5.74, 6) is 1.04. The van der Waals surface area contributed by atoms with E-state index in [1.54, 1.807) is 17.1 Å². The Kier molecular flexibility index (Phi) is 3.27. The standard InChI is InChI=1S/C13H12BrN5O/c1-8-2-3-9(4-11(8)14)13-17-12(20-18-13)7-19-6-10(15)5-16-19/h2-6H,7,15H2,1H3. The van der Waals surface area contributed by atoms with E-state index >= 15 is 0 Å². The highest BCUT2D eigenvalue weighted by Gasteiger charge is 2.10. The van der Waals surface area contributed by atoms with Crippen LogP contribution in [0.25, 0.3) is 11.4 Å². The van der Waals surface area contributed by atoms with E-state index in [4.69, 9.17) is 10.3 Å². The molecule has 3 aromatic rings. The highest BCUT2D eigenvalue weighted by Crippen LogP contribution is 2.23. The minimum atomic E-state index is 0.400. The van der Waals surface area contributed by atoms with Crippen LogP contribution in [0.3, 0.4) is 0 Å². The second kappa shape index (κ2) is 5.09. The number of hydrogen-bond donors (Lipinski definition) is 1. The van der Waals surface area contributed by atoms with Crippen molar-refractivity contribution in [1.29, 1.82) is 0 Å². The summed E-state index contributed by atoms with van der Waals surface area (Å²) in [5, 5.41) is 8.06. The van der Waals surface area contributed by atoms with Crippen LogP contribution in [0.1, 0.15) is 11.5 Å². The largest absolute Gasteiger partial charge is 0.396 e. The quantitative estimate of drug-likeness (QED) is 0.796. The predicted octanol–water partition coefficient (Wildman–Crippen LogP) is 2.63. The maximum atomic E-state index is 5.60. The first-order valence-corrected chi connectivity index (χ1v) is 6.78. The summed E-state index contributed by atoms with van der Waals surface area (Å²) in [6, 6.07) is 5.93. The minimum Gasteiger partial charge on any atom is -0.396 e. The van der Waals surface area contributed by atoms with Crippen LogP contribution in [-0.4, -0.2) is 19.9 Å². The zero-order valence-corrected chi connectivity index (χ0v) is 12.3. The Morgan fingerprint density at radius 2 is 2.25 bits per heavy atom. The van der Waals surface area contributed by atoms with Crippen molar-refractivity contribution in [2.75, 3.05) is 5.73 Å². The van der Waals surface area contributed by atoms with Crippen LogP contribution in [0, 0.1) is 6.92 Å². The van der Waals surface area contributed by atoms with Crippen molar-refractivity contribution >= 4 is 21.6 Å². The average Bonchev–Trinajstić information content (AvgIpc) is 3.03. The number of aryl methyl sites for hydroxylation is 1. The van der Waals surface area contributed by atoms with E-state index in [0.717, 1.165) is 15.6 Å². The molecule has 0 aliphatic carbocycles. The van der Waals surface area contributed by atoms with Gasteiger partial charge in [0.1, 0.15) is 6.54 Å². The molecule has 0 amide bonds. The molecule has 0 spiro atoms. The number of halogens is 1. The van der Waals surface area contributed by atoms with E-state index in [9.17, 15) is 0 Å². The number of aromatic nitrogens is 4. The number of nitrogen functional groups attached to an aromatic ring is 1. The van der Waals surface area contributed by atoms with E-state index < -0.39 is 0 Å². The van der Waals surface area contributed by atoms with Gasteiger partial charge in [-0.15, -0.1) is 0 Å². The number of rotatable bonds is 3. The lowest BCUT2D eigenvalue weighted by Gasteiger charge is -1.99. The molecular weight excluding hydrogens is 322 g/mol. The van der Waals surface area contributed by atoms with E-state index in [1.165, 1.54) is 0 Å². The van der Waals surface area contributed by atoms with Crippen molar-refractivity contribution in [2.24, 2.45) is 0 Å². The van der Waals surface area contributed by atoms with Crippen molar-refractivity contribution < 1.29 is 4.52 Å². The summed E-state index contributed by atoms with van der Waals surface area (Å²) < 4.78 is 7.89. The molecule has 2 N–H and O–H groups in total. The average molecular weight is 334 g/mol. The van der Waals surface area contributed by atoms with Crippen LogP contribution >= 0.6 is 15.9 Å². The fourth-order valence-corrected chi connectivity index (χ4v) is 2.15. The Hall–Kier alpha value is -2.15. The molecule has 0 saturated carbocycles. The molecule has 20 heavy (non-hydrogen) atoms. The fraction of sp³-hybridized carbons (Fsp3) is 0.154. The first-order valence-electron chi connectivity index (χ1n) is 5.99. The van der Waals surface area contributed by atoms with E-state index in [1.807, 2.05) is 25.1 Å². The summed E-state index contributed by atoms with van der Waals surface area (Å²) in [4.78, 5) is 4.36. The second-order valence-corrected chi connectivity index (χ2v) is 5.30. The van der Waals surface area contributed by atoms with E-state index in [-0.39, 0.29) is 0 Å². The van der Waals surface area contributed by atoms with Gasteiger partial charge in [0, 0.05) is 16.2 Å². The van der Waals surface area contributed by atoms with Gasteiger partial charge in [0.05, 0.1) is 11.9 Å². The molecule has 0 aliphatic heterocycles. The zero-order chi connectivity index (χ0) is 14.1. The molecule has 1 aromatic carbocycles. The fourth-order valence-electron chi connectivity index (χ4n) is 1.77. The zero-order valence-electron chi connectivity index (χ0n) is 10.7. The molecule has 6 nitrogen and oxygen atoms in total. The van der Waals surface area contributed by atoms with Crippen LogP contribution < -0.4 is 5.73 Å². The van der Waals surface area contributed by atoms with Gasteiger partial charge in [-0.3, -0.25) is 4.68 Å². The van der Waals surface area contributed by atoms with Crippen molar-refractivity contribution in [3.63, 3.8) is 0 Å². The number of hydrogen-bond acceptors (Lipinski definition) is 5. The number of benzene rings is 1. The number of nitrogens with zero attached hydrogens (tertiary/aromatic N) is 4. The monoisotopic (exact) mass is 333 g/mol. The Morgan fingerprint density at radius 1 is 1.40 bits per heavy atom. The van der Waals surface area contributed by atoms with Crippen molar-refractivity contribution in [2.45, 2.75) is 13.5 Å². The van der Waals surface area contributed by atoms with Crippen LogP contribution in [0.15, 0.2) is 39.6 Å². The Balaban J connectivity index is 1.84. The van der Waals surface area contributed by atoms with E-state index in [2.05, 4.69) is 31.2 Å².